The van der Waals surface area contributed by atoms with E-state index >= 15 is 0 Å². The summed E-state index contributed by atoms with van der Waals surface area (Å²) in [5.74, 6) is 0.757. The molecule has 0 saturated heterocycles. The molecule has 3 aromatic rings. The van der Waals surface area contributed by atoms with E-state index in [4.69, 9.17) is 4.74 Å². The van der Waals surface area contributed by atoms with Gasteiger partial charge in [-0.1, -0.05) is 30.3 Å². The Bertz CT molecular complexity index is 950. The summed E-state index contributed by atoms with van der Waals surface area (Å²) in [6, 6.07) is 18.1. The molecule has 3 rings (SSSR count). The highest BCUT2D eigenvalue weighted by molar-refractivity contribution is 6.02. The minimum atomic E-state index is -0.432. The Morgan fingerprint density at radius 3 is 2.50 bits per heavy atom. The Balaban J connectivity index is 1.88. The van der Waals surface area contributed by atoms with Crippen molar-refractivity contribution in [3.05, 3.63) is 76.3 Å². The van der Waals surface area contributed by atoms with E-state index in [0.717, 1.165) is 22.1 Å². The standard InChI is InChI=1S/C20H19N3O3/c1-14(2)26-20-12-7-15-5-3-4-6-18(15)19(20)13-21-22-16-8-10-17(11-9-16)23(24)25/h3-14,22H,1-2H3/b21-13+. The van der Waals surface area contributed by atoms with Crippen LogP contribution >= 0.6 is 0 Å². The number of nitrogens with one attached hydrogen (secondary N) is 1. The molecular formula is C20H19N3O3. The predicted octanol–water partition coefficient (Wildman–Crippen LogP) is 4.98. The highest BCUT2D eigenvalue weighted by Gasteiger charge is 2.09. The molecule has 0 unspecified atom stereocenters. The zero-order valence-corrected chi connectivity index (χ0v) is 14.5. The van der Waals surface area contributed by atoms with Crippen molar-refractivity contribution in [2.24, 2.45) is 5.10 Å². The highest BCUT2D eigenvalue weighted by atomic mass is 16.6. The second-order valence-corrected chi connectivity index (χ2v) is 6.04. The van der Waals surface area contributed by atoms with Gasteiger partial charge in [-0.15, -0.1) is 0 Å². The first kappa shape index (κ1) is 17.4. The van der Waals surface area contributed by atoms with E-state index in [2.05, 4.69) is 10.5 Å². The smallest absolute Gasteiger partial charge is 0.269 e. The van der Waals surface area contributed by atoms with Crippen LogP contribution in [0.2, 0.25) is 0 Å². The second kappa shape index (κ2) is 7.65. The number of nitrogens with zero attached hydrogens (tertiary/aromatic N) is 2. The molecule has 0 aliphatic rings. The number of fused-ring (bicyclic) bond motifs is 1. The Morgan fingerprint density at radius 2 is 1.81 bits per heavy atom. The van der Waals surface area contributed by atoms with Gasteiger partial charge in [0.05, 0.1) is 22.9 Å². The highest BCUT2D eigenvalue weighted by Crippen LogP contribution is 2.27. The van der Waals surface area contributed by atoms with Crippen LogP contribution in [0.15, 0.2) is 65.8 Å². The van der Waals surface area contributed by atoms with Crippen LogP contribution in [0.25, 0.3) is 10.8 Å². The van der Waals surface area contributed by atoms with Crippen molar-refractivity contribution in [3.8, 4) is 5.75 Å². The third-order valence-electron chi connectivity index (χ3n) is 3.76. The number of non-ortho nitro benzene ring substituents is 1. The van der Waals surface area contributed by atoms with Crippen LogP contribution in [0.4, 0.5) is 11.4 Å². The molecule has 6 nitrogen and oxygen atoms in total. The van der Waals surface area contributed by atoms with Crippen LogP contribution in [-0.2, 0) is 0 Å². The van der Waals surface area contributed by atoms with Gasteiger partial charge in [-0.2, -0.15) is 5.10 Å². The van der Waals surface area contributed by atoms with E-state index in [1.54, 1.807) is 18.3 Å². The Hall–Kier alpha value is -3.41. The van der Waals surface area contributed by atoms with E-state index in [0.29, 0.717) is 5.69 Å². The molecule has 0 aliphatic carbocycles. The van der Waals surface area contributed by atoms with Crippen molar-refractivity contribution in [2.75, 3.05) is 5.43 Å². The van der Waals surface area contributed by atoms with Crippen LogP contribution in [-0.4, -0.2) is 17.2 Å². The van der Waals surface area contributed by atoms with Crippen molar-refractivity contribution in [1.82, 2.24) is 0 Å². The summed E-state index contributed by atoms with van der Waals surface area (Å²) in [4.78, 5) is 10.3. The number of anilines is 1. The van der Waals surface area contributed by atoms with E-state index < -0.39 is 4.92 Å². The molecule has 26 heavy (non-hydrogen) atoms. The Morgan fingerprint density at radius 1 is 1.08 bits per heavy atom. The van der Waals surface area contributed by atoms with Crippen molar-refractivity contribution in [1.29, 1.82) is 0 Å². The topological polar surface area (TPSA) is 76.8 Å². The van der Waals surface area contributed by atoms with Crippen LogP contribution < -0.4 is 10.2 Å². The number of rotatable bonds is 6. The molecule has 0 saturated carbocycles. The minimum Gasteiger partial charge on any atom is -0.490 e. The number of nitro groups is 1. The maximum absolute atomic E-state index is 10.7. The molecule has 0 aromatic heterocycles. The van der Waals surface area contributed by atoms with Crippen LogP contribution in [0.1, 0.15) is 19.4 Å². The fraction of sp³-hybridized carbons (Fsp3) is 0.150. The average Bonchev–Trinajstić information content (AvgIpc) is 2.63. The molecule has 0 spiro atoms. The predicted molar refractivity (Wildman–Crippen MR) is 104 cm³/mol. The van der Waals surface area contributed by atoms with E-state index in [1.807, 2.05) is 50.2 Å². The number of hydrogen-bond donors (Lipinski definition) is 1. The van der Waals surface area contributed by atoms with Gasteiger partial charge in [0, 0.05) is 17.7 Å². The van der Waals surface area contributed by atoms with Crippen LogP contribution in [0.3, 0.4) is 0 Å². The molecule has 0 amide bonds. The van der Waals surface area contributed by atoms with Gasteiger partial charge >= 0.3 is 0 Å². The maximum Gasteiger partial charge on any atom is 0.269 e. The number of ether oxygens (including phenoxy) is 1. The van der Waals surface area contributed by atoms with E-state index in [-0.39, 0.29) is 11.8 Å². The Kier molecular flexibility index (Phi) is 5.12. The van der Waals surface area contributed by atoms with Gasteiger partial charge in [0.2, 0.25) is 0 Å². The maximum atomic E-state index is 10.7. The minimum absolute atomic E-state index is 0.0428. The molecule has 0 atom stereocenters. The summed E-state index contributed by atoms with van der Waals surface area (Å²) in [6.45, 7) is 3.95. The van der Waals surface area contributed by atoms with Gasteiger partial charge in [-0.25, -0.2) is 0 Å². The van der Waals surface area contributed by atoms with Crippen molar-refractivity contribution in [3.63, 3.8) is 0 Å². The normalized spacial score (nSPS) is 11.2. The third kappa shape index (κ3) is 3.97. The molecule has 132 valence electrons. The number of nitro benzene ring substituents is 1. The van der Waals surface area contributed by atoms with Gasteiger partial charge in [0.25, 0.3) is 5.69 Å². The summed E-state index contributed by atoms with van der Waals surface area (Å²) in [5.41, 5.74) is 4.48. The summed E-state index contributed by atoms with van der Waals surface area (Å²) in [6.07, 6.45) is 1.76. The zero-order chi connectivity index (χ0) is 18.5. The number of hydrazone groups is 1. The van der Waals surface area contributed by atoms with Crippen molar-refractivity contribution in [2.45, 2.75) is 20.0 Å². The molecule has 0 radical (unpaired) electrons. The first-order chi connectivity index (χ1) is 12.5. The van der Waals surface area contributed by atoms with Gasteiger partial charge in [-0.05, 0) is 42.8 Å². The second-order valence-electron chi connectivity index (χ2n) is 6.04. The first-order valence-corrected chi connectivity index (χ1v) is 8.26. The van der Waals surface area contributed by atoms with Crippen LogP contribution in [0, 0.1) is 10.1 Å². The summed E-state index contributed by atoms with van der Waals surface area (Å²) < 4.78 is 5.90. The fourth-order valence-corrected chi connectivity index (χ4v) is 2.59. The Labute approximate surface area is 151 Å². The lowest BCUT2D eigenvalue weighted by Crippen LogP contribution is -2.08. The molecule has 0 heterocycles. The van der Waals surface area contributed by atoms with Gasteiger partial charge in [0.15, 0.2) is 0 Å². The monoisotopic (exact) mass is 349 g/mol. The quantitative estimate of drug-likeness (QED) is 0.387. The lowest BCUT2D eigenvalue weighted by Gasteiger charge is -2.14. The lowest BCUT2D eigenvalue weighted by molar-refractivity contribution is -0.384. The third-order valence-corrected chi connectivity index (χ3v) is 3.76. The van der Waals surface area contributed by atoms with Gasteiger partial charge in [0.1, 0.15) is 5.75 Å². The van der Waals surface area contributed by atoms with Gasteiger partial charge < -0.3 is 4.74 Å². The van der Waals surface area contributed by atoms with Crippen molar-refractivity contribution >= 4 is 28.4 Å². The molecule has 0 aliphatic heterocycles. The number of benzene rings is 3. The van der Waals surface area contributed by atoms with Crippen molar-refractivity contribution < 1.29 is 9.66 Å². The zero-order valence-electron chi connectivity index (χ0n) is 14.5. The molecular weight excluding hydrogens is 330 g/mol. The van der Waals surface area contributed by atoms with Crippen LogP contribution in [0.5, 0.6) is 5.75 Å². The van der Waals surface area contributed by atoms with Gasteiger partial charge in [-0.3, -0.25) is 15.5 Å². The van der Waals surface area contributed by atoms with E-state index in [9.17, 15) is 10.1 Å². The average molecular weight is 349 g/mol. The summed E-state index contributed by atoms with van der Waals surface area (Å²) >= 11 is 0. The largest absolute Gasteiger partial charge is 0.490 e. The molecule has 0 fully saturated rings. The molecule has 6 heteroatoms. The SMILES string of the molecule is CC(C)Oc1ccc2ccccc2c1/C=N/Nc1ccc([N+](=O)[O-])cc1. The fourth-order valence-electron chi connectivity index (χ4n) is 2.59. The number of hydrogen-bond acceptors (Lipinski definition) is 5. The lowest BCUT2D eigenvalue weighted by atomic mass is 10.0. The summed E-state index contributed by atoms with van der Waals surface area (Å²) in [5, 5.41) is 17.1. The molecule has 3 aromatic carbocycles. The molecule has 1 N–H and O–H groups in total. The first-order valence-electron chi connectivity index (χ1n) is 8.26. The molecule has 0 bridgehead atoms. The van der Waals surface area contributed by atoms with E-state index in [1.165, 1.54) is 12.1 Å². The summed E-state index contributed by atoms with van der Waals surface area (Å²) in [7, 11) is 0.